The number of piperidine rings is 1. The zero-order chi connectivity index (χ0) is 30.6. The minimum absolute atomic E-state index is 0.000126. The summed E-state index contributed by atoms with van der Waals surface area (Å²) in [6.45, 7) is 2.01. The molecule has 10 nitrogen and oxygen atoms in total. The fourth-order valence-electron chi connectivity index (χ4n) is 5.65. The Labute approximate surface area is 243 Å². The highest BCUT2D eigenvalue weighted by atomic mass is 32.2. The summed E-state index contributed by atoms with van der Waals surface area (Å²) < 4.78 is 85.8. The minimum atomic E-state index is -4.71. The molecule has 2 aliphatic rings. The van der Waals surface area contributed by atoms with E-state index in [0.717, 1.165) is 16.6 Å². The van der Waals surface area contributed by atoms with Crippen molar-refractivity contribution >= 4 is 21.9 Å². The smallest absolute Gasteiger partial charge is 0.291 e. The van der Waals surface area contributed by atoms with Crippen LogP contribution in [0.3, 0.4) is 0 Å². The molecule has 4 aromatic rings. The van der Waals surface area contributed by atoms with Gasteiger partial charge in [-0.1, -0.05) is 17.7 Å². The number of carbonyl (C=O) groups is 1. The Morgan fingerprint density at radius 2 is 1.91 bits per heavy atom. The Kier molecular flexibility index (Phi) is 7.04. The number of alkyl halides is 3. The van der Waals surface area contributed by atoms with E-state index < -0.39 is 44.5 Å². The number of nitrogens with zero attached hydrogens (tertiary/aromatic N) is 7. The van der Waals surface area contributed by atoms with E-state index in [1.807, 2.05) is 6.92 Å². The van der Waals surface area contributed by atoms with Gasteiger partial charge in [0.15, 0.2) is 5.78 Å². The maximum Gasteiger partial charge on any atom is 0.416 e. The molecule has 0 N–H and O–H groups in total. The number of ketones is 1. The molecule has 1 aliphatic carbocycles. The van der Waals surface area contributed by atoms with Crippen LogP contribution in [0.5, 0.6) is 0 Å². The van der Waals surface area contributed by atoms with Crippen LogP contribution in [0.25, 0.3) is 11.8 Å². The van der Waals surface area contributed by atoms with E-state index in [0.29, 0.717) is 41.5 Å². The van der Waals surface area contributed by atoms with Gasteiger partial charge in [0.1, 0.15) is 11.5 Å². The quantitative estimate of drug-likeness (QED) is 0.225. The van der Waals surface area contributed by atoms with Crippen molar-refractivity contribution in [1.82, 2.24) is 34.1 Å². The third kappa shape index (κ3) is 5.05. The predicted molar refractivity (Wildman–Crippen MR) is 145 cm³/mol. The lowest BCUT2D eigenvalue weighted by atomic mass is 9.65. The molecule has 43 heavy (non-hydrogen) atoms. The van der Waals surface area contributed by atoms with Crippen molar-refractivity contribution in [3.63, 3.8) is 0 Å². The number of aryl methyl sites for hydroxylation is 1. The number of sulfonamides is 1. The lowest BCUT2D eigenvalue weighted by Gasteiger charge is -2.44. The number of Topliss-reactive ketones (excluding diaryl/α,β-unsaturated/α-hetero) is 1. The van der Waals surface area contributed by atoms with Crippen molar-refractivity contribution in [3.8, 4) is 5.69 Å². The van der Waals surface area contributed by atoms with Gasteiger partial charge in [-0.15, -0.1) is 5.10 Å². The van der Waals surface area contributed by atoms with E-state index in [1.54, 1.807) is 22.9 Å². The molecular weight excluding hydrogens is 590 g/mol. The van der Waals surface area contributed by atoms with Crippen LogP contribution in [-0.4, -0.2) is 61.4 Å². The topological polar surface area (TPSA) is 116 Å². The summed E-state index contributed by atoms with van der Waals surface area (Å²) >= 11 is 0. The van der Waals surface area contributed by atoms with Crippen molar-refractivity contribution in [2.75, 3.05) is 13.1 Å². The molecule has 0 radical (unpaired) electrons. The van der Waals surface area contributed by atoms with E-state index >= 15 is 0 Å². The summed E-state index contributed by atoms with van der Waals surface area (Å²) in [7, 11) is -4.21. The molecule has 0 saturated carbocycles. The number of carbonyl (C=O) groups excluding carboxylic acids is 1. The largest absolute Gasteiger partial charge is 0.416 e. The van der Waals surface area contributed by atoms with Gasteiger partial charge in [0.25, 0.3) is 10.0 Å². The van der Waals surface area contributed by atoms with Crippen LogP contribution in [-0.2, 0) is 29.2 Å². The first-order valence-electron chi connectivity index (χ1n) is 13.4. The fraction of sp³-hybridized carbons (Fsp3) is 0.321. The van der Waals surface area contributed by atoms with Gasteiger partial charge in [-0.2, -0.15) is 22.6 Å². The second kappa shape index (κ2) is 10.5. The Hall–Kier alpha value is -4.24. The van der Waals surface area contributed by atoms with Crippen molar-refractivity contribution in [1.29, 1.82) is 0 Å². The van der Waals surface area contributed by atoms with Crippen LogP contribution in [0.15, 0.2) is 65.6 Å². The number of halogens is 4. The molecule has 1 saturated heterocycles. The van der Waals surface area contributed by atoms with Gasteiger partial charge >= 0.3 is 6.18 Å². The Morgan fingerprint density at radius 1 is 1.14 bits per heavy atom. The molecule has 1 unspecified atom stereocenters. The van der Waals surface area contributed by atoms with Gasteiger partial charge in [-0.25, -0.2) is 17.5 Å². The van der Waals surface area contributed by atoms with E-state index in [-0.39, 0.29) is 31.0 Å². The van der Waals surface area contributed by atoms with Crippen molar-refractivity contribution in [2.45, 2.75) is 43.9 Å². The molecule has 15 heteroatoms. The lowest BCUT2D eigenvalue weighted by molar-refractivity contribution is -0.137. The number of hydrogen-bond acceptors (Lipinski definition) is 7. The van der Waals surface area contributed by atoms with E-state index in [4.69, 9.17) is 0 Å². The standard InChI is InChI=1S/C28H25F4N7O3S/c1-2-10-37-16-25(35-36-37)43(41,42)38-11-8-19-13-24-18(15-34-39(24)22-5-3-21(29)4-6-22)14-27(19,17-38)26(40)23-12-20(7-9-33-23)28(30,31)32/h3-7,9,12-13,15-16H,2,8,10-11,14,17H2,1H3. The average Bonchev–Trinajstić information content (AvgIpc) is 3.63. The second-order valence-electron chi connectivity index (χ2n) is 10.5. The predicted octanol–water partition coefficient (Wildman–Crippen LogP) is 4.33. The van der Waals surface area contributed by atoms with Gasteiger partial charge in [0.05, 0.1) is 34.8 Å². The van der Waals surface area contributed by atoms with Crippen LogP contribution >= 0.6 is 0 Å². The third-order valence-corrected chi connectivity index (χ3v) is 9.49. The van der Waals surface area contributed by atoms with Gasteiger partial charge < -0.3 is 0 Å². The lowest BCUT2D eigenvalue weighted by Crippen LogP contribution is -2.53. The summed E-state index contributed by atoms with van der Waals surface area (Å²) in [5.74, 6) is -1.16. The highest BCUT2D eigenvalue weighted by Crippen LogP contribution is 2.47. The number of benzene rings is 1. The van der Waals surface area contributed by atoms with E-state index in [9.17, 15) is 30.8 Å². The minimum Gasteiger partial charge on any atom is -0.291 e. The zero-order valence-electron chi connectivity index (χ0n) is 22.8. The maximum absolute atomic E-state index is 14.3. The summed E-state index contributed by atoms with van der Waals surface area (Å²) in [5, 5.41) is 11.9. The Balaban J connectivity index is 1.45. The molecule has 1 aliphatic heterocycles. The number of pyridine rings is 1. The molecule has 1 aromatic carbocycles. The summed E-state index contributed by atoms with van der Waals surface area (Å²) in [6, 6.07) is 7.12. The van der Waals surface area contributed by atoms with E-state index in [1.165, 1.54) is 29.2 Å². The Bertz CT molecular complexity index is 1850. The number of rotatable bonds is 7. The van der Waals surface area contributed by atoms with Crippen LogP contribution < -0.4 is 0 Å². The molecular formula is C28H25F4N7O3S. The zero-order valence-corrected chi connectivity index (χ0v) is 23.6. The molecule has 0 bridgehead atoms. The number of aromatic nitrogens is 6. The van der Waals surface area contributed by atoms with Crippen LogP contribution in [0.4, 0.5) is 17.6 Å². The van der Waals surface area contributed by atoms with Crippen molar-refractivity contribution in [3.05, 3.63) is 88.9 Å². The monoisotopic (exact) mass is 615 g/mol. The van der Waals surface area contributed by atoms with Gasteiger partial charge in [0, 0.05) is 25.8 Å². The molecule has 0 spiro atoms. The van der Waals surface area contributed by atoms with Crippen LogP contribution in [0, 0.1) is 11.2 Å². The van der Waals surface area contributed by atoms with Gasteiger partial charge in [-0.3, -0.25) is 14.5 Å². The first kappa shape index (κ1) is 28.9. The molecule has 1 atom stereocenters. The highest BCUT2D eigenvalue weighted by Gasteiger charge is 2.52. The summed E-state index contributed by atoms with van der Waals surface area (Å²) in [6.07, 6.45) is 1.54. The van der Waals surface area contributed by atoms with Crippen LogP contribution in [0.1, 0.15) is 47.1 Å². The summed E-state index contributed by atoms with van der Waals surface area (Å²) in [4.78, 5) is 18.2. The average molecular weight is 616 g/mol. The molecule has 4 heterocycles. The van der Waals surface area contributed by atoms with E-state index in [2.05, 4.69) is 20.4 Å². The normalized spacial score (nSPS) is 19.0. The molecule has 6 rings (SSSR count). The molecule has 0 amide bonds. The third-order valence-electron chi connectivity index (χ3n) is 7.78. The summed E-state index contributed by atoms with van der Waals surface area (Å²) in [5.41, 5.74) is -0.750. The van der Waals surface area contributed by atoms with Gasteiger partial charge in [0.2, 0.25) is 5.03 Å². The molecule has 224 valence electrons. The fourth-order valence-corrected chi connectivity index (χ4v) is 7.04. The first-order chi connectivity index (χ1) is 20.4. The first-order valence-corrected chi connectivity index (χ1v) is 14.9. The molecule has 1 fully saturated rings. The van der Waals surface area contributed by atoms with Gasteiger partial charge in [-0.05, 0) is 67.3 Å². The second-order valence-corrected chi connectivity index (χ2v) is 12.4. The van der Waals surface area contributed by atoms with Crippen molar-refractivity contribution in [2.24, 2.45) is 5.41 Å². The Morgan fingerprint density at radius 3 is 2.63 bits per heavy atom. The number of hydrogen-bond donors (Lipinski definition) is 0. The SMILES string of the molecule is CCCn1cc(S(=O)(=O)N2CCC3=Cc4c(cnn4-c4ccc(F)cc4)CC3(C(=O)c3cc(C(F)(F)F)ccn3)C2)nn1. The van der Waals surface area contributed by atoms with Crippen molar-refractivity contribution < 1.29 is 30.8 Å². The maximum atomic E-state index is 14.3. The molecule has 3 aromatic heterocycles. The highest BCUT2D eigenvalue weighted by molar-refractivity contribution is 7.89. The van der Waals surface area contributed by atoms with Crippen LogP contribution in [0.2, 0.25) is 0 Å². The number of fused-ring (bicyclic) bond motifs is 2.